The van der Waals surface area contributed by atoms with Gasteiger partial charge in [0.05, 0.1) is 6.04 Å². The molecule has 2 rings (SSSR count). The van der Waals surface area contributed by atoms with Gasteiger partial charge in [-0.05, 0) is 24.1 Å². The summed E-state index contributed by atoms with van der Waals surface area (Å²) in [4.78, 5) is 12.2. The summed E-state index contributed by atoms with van der Waals surface area (Å²) in [5.74, 6) is -0.122. The van der Waals surface area contributed by atoms with Crippen molar-refractivity contribution in [1.29, 1.82) is 0 Å². The van der Waals surface area contributed by atoms with E-state index in [2.05, 4.69) is 0 Å². The van der Waals surface area contributed by atoms with E-state index in [0.29, 0.717) is 10.6 Å². The Bertz CT molecular complexity index is 566. The molecule has 0 spiro atoms. The van der Waals surface area contributed by atoms with Crippen LogP contribution in [0.5, 0.6) is 0 Å². The van der Waals surface area contributed by atoms with Crippen LogP contribution >= 0.6 is 11.6 Å². The lowest BCUT2D eigenvalue weighted by atomic mass is 9.98. The average Bonchev–Trinajstić information content (AvgIpc) is 2.41. The second-order valence-electron chi connectivity index (χ2n) is 4.22. The van der Waals surface area contributed by atoms with Crippen LogP contribution in [0.15, 0.2) is 48.5 Å². The fourth-order valence-electron chi connectivity index (χ4n) is 1.74. The Morgan fingerprint density at radius 3 is 2.44 bits per heavy atom. The third-order valence-corrected chi connectivity index (χ3v) is 3.30. The molecule has 0 aliphatic rings. The van der Waals surface area contributed by atoms with E-state index in [1.54, 1.807) is 12.1 Å². The van der Waals surface area contributed by atoms with E-state index in [0.717, 1.165) is 11.1 Å². The Balaban J connectivity index is 2.29. The van der Waals surface area contributed by atoms with Crippen molar-refractivity contribution in [3.63, 3.8) is 0 Å². The molecule has 0 saturated heterocycles. The van der Waals surface area contributed by atoms with Crippen molar-refractivity contribution in [2.24, 2.45) is 5.73 Å². The first-order chi connectivity index (χ1) is 8.59. The second kappa shape index (κ2) is 5.34. The first-order valence-electron chi connectivity index (χ1n) is 5.70. The standard InChI is InChI=1S/C15H14ClNO/c1-10-7-8-12(9-13(10)16)15(18)14(17)11-5-3-2-4-6-11/h2-9,14H,17H2,1H3/t14-/m1/s1. The molecule has 2 aromatic carbocycles. The summed E-state index contributed by atoms with van der Waals surface area (Å²) in [6.07, 6.45) is 0. The fourth-order valence-corrected chi connectivity index (χ4v) is 1.92. The van der Waals surface area contributed by atoms with Crippen molar-refractivity contribution in [1.82, 2.24) is 0 Å². The number of halogens is 1. The molecule has 0 aromatic heterocycles. The third kappa shape index (κ3) is 2.61. The summed E-state index contributed by atoms with van der Waals surface area (Å²) in [6.45, 7) is 1.90. The number of Topliss-reactive ketones (excluding diaryl/α,β-unsaturated/α-hetero) is 1. The van der Waals surface area contributed by atoms with Gasteiger partial charge in [0, 0.05) is 10.6 Å². The quantitative estimate of drug-likeness (QED) is 0.857. The van der Waals surface area contributed by atoms with Crippen LogP contribution in [-0.4, -0.2) is 5.78 Å². The molecule has 0 aliphatic heterocycles. The van der Waals surface area contributed by atoms with Crippen LogP contribution in [0.4, 0.5) is 0 Å². The van der Waals surface area contributed by atoms with Gasteiger partial charge in [0.15, 0.2) is 5.78 Å². The molecule has 0 saturated carbocycles. The van der Waals surface area contributed by atoms with E-state index in [9.17, 15) is 4.79 Å². The van der Waals surface area contributed by atoms with Gasteiger partial charge < -0.3 is 5.73 Å². The lowest BCUT2D eigenvalue weighted by Gasteiger charge is -2.11. The van der Waals surface area contributed by atoms with Crippen molar-refractivity contribution in [3.05, 3.63) is 70.2 Å². The number of ketones is 1. The van der Waals surface area contributed by atoms with E-state index >= 15 is 0 Å². The Morgan fingerprint density at radius 2 is 1.83 bits per heavy atom. The van der Waals surface area contributed by atoms with Crippen molar-refractivity contribution >= 4 is 17.4 Å². The predicted octanol–water partition coefficient (Wildman–Crippen LogP) is 3.53. The van der Waals surface area contributed by atoms with Gasteiger partial charge >= 0.3 is 0 Å². The van der Waals surface area contributed by atoms with Gasteiger partial charge in [-0.3, -0.25) is 4.79 Å². The van der Waals surface area contributed by atoms with Crippen LogP contribution in [0.1, 0.15) is 27.5 Å². The minimum absolute atomic E-state index is 0.122. The van der Waals surface area contributed by atoms with Crippen LogP contribution < -0.4 is 5.73 Å². The molecule has 0 unspecified atom stereocenters. The Labute approximate surface area is 111 Å². The van der Waals surface area contributed by atoms with Crippen molar-refractivity contribution in [2.45, 2.75) is 13.0 Å². The predicted molar refractivity (Wildman–Crippen MR) is 73.9 cm³/mol. The first-order valence-corrected chi connectivity index (χ1v) is 6.08. The SMILES string of the molecule is Cc1ccc(C(=O)[C@H](N)c2ccccc2)cc1Cl. The van der Waals surface area contributed by atoms with E-state index in [1.807, 2.05) is 43.3 Å². The van der Waals surface area contributed by atoms with Gasteiger partial charge in [-0.2, -0.15) is 0 Å². The zero-order valence-corrected chi connectivity index (χ0v) is 10.8. The summed E-state index contributed by atoms with van der Waals surface area (Å²) >= 11 is 6.02. The maximum absolute atomic E-state index is 12.2. The molecule has 2 N–H and O–H groups in total. The molecule has 18 heavy (non-hydrogen) atoms. The van der Waals surface area contributed by atoms with E-state index in [4.69, 9.17) is 17.3 Å². The molecule has 92 valence electrons. The van der Waals surface area contributed by atoms with Gasteiger partial charge in [-0.1, -0.05) is 54.1 Å². The lowest BCUT2D eigenvalue weighted by Crippen LogP contribution is -2.21. The van der Waals surface area contributed by atoms with E-state index < -0.39 is 6.04 Å². The van der Waals surface area contributed by atoms with Crippen LogP contribution in [-0.2, 0) is 0 Å². The van der Waals surface area contributed by atoms with Gasteiger partial charge in [0.25, 0.3) is 0 Å². The smallest absolute Gasteiger partial charge is 0.184 e. The zero-order valence-electron chi connectivity index (χ0n) is 10.1. The molecule has 3 heteroatoms. The molecule has 0 amide bonds. The topological polar surface area (TPSA) is 43.1 Å². The molecule has 0 heterocycles. The normalized spacial score (nSPS) is 12.2. The number of hydrogen-bond acceptors (Lipinski definition) is 2. The number of carbonyl (C=O) groups excluding carboxylic acids is 1. The van der Waals surface area contributed by atoms with Gasteiger partial charge in [-0.15, -0.1) is 0 Å². The van der Waals surface area contributed by atoms with Crippen molar-refractivity contribution in [2.75, 3.05) is 0 Å². The highest BCUT2D eigenvalue weighted by Gasteiger charge is 2.17. The molecule has 2 nitrogen and oxygen atoms in total. The number of aryl methyl sites for hydroxylation is 1. The van der Waals surface area contributed by atoms with Gasteiger partial charge in [0.2, 0.25) is 0 Å². The largest absolute Gasteiger partial charge is 0.318 e. The molecule has 0 radical (unpaired) electrons. The van der Waals surface area contributed by atoms with E-state index in [-0.39, 0.29) is 5.78 Å². The zero-order chi connectivity index (χ0) is 13.1. The molecular formula is C15H14ClNO. The minimum Gasteiger partial charge on any atom is -0.318 e. The Hall–Kier alpha value is -1.64. The maximum Gasteiger partial charge on any atom is 0.184 e. The molecule has 1 atom stereocenters. The van der Waals surface area contributed by atoms with Crippen LogP contribution in [0, 0.1) is 6.92 Å². The molecule has 0 bridgehead atoms. The minimum atomic E-state index is -0.648. The van der Waals surface area contributed by atoms with Crippen LogP contribution in [0.25, 0.3) is 0 Å². The number of benzene rings is 2. The summed E-state index contributed by atoms with van der Waals surface area (Å²) < 4.78 is 0. The van der Waals surface area contributed by atoms with Crippen molar-refractivity contribution in [3.8, 4) is 0 Å². The first kappa shape index (κ1) is 12.8. The Kier molecular flexibility index (Phi) is 3.80. The van der Waals surface area contributed by atoms with Crippen LogP contribution in [0.2, 0.25) is 5.02 Å². The summed E-state index contributed by atoms with van der Waals surface area (Å²) in [5.41, 5.74) is 8.26. The highest BCUT2D eigenvalue weighted by atomic mass is 35.5. The maximum atomic E-state index is 12.2. The number of carbonyl (C=O) groups is 1. The monoisotopic (exact) mass is 259 g/mol. The molecule has 0 aliphatic carbocycles. The highest BCUT2D eigenvalue weighted by molar-refractivity contribution is 6.31. The number of nitrogens with two attached hydrogens (primary N) is 1. The van der Waals surface area contributed by atoms with Crippen LogP contribution in [0.3, 0.4) is 0 Å². The number of rotatable bonds is 3. The molecule has 2 aromatic rings. The second-order valence-corrected chi connectivity index (χ2v) is 4.62. The van der Waals surface area contributed by atoms with Crippen molar-refractivity contribution < 1.29 is 4.79 Å². The van der Waals surface area contributed by atoms with Gasteiger partial charge in [0.1, 0.15) is 0 Å². The Morgan fingerprint density at radius 1 is 1.17 bits per heavy atom. The molecule has 0 fully saturated rings. The number of hydrogen-bond donors (Lipinski definition) is 1. The fraction of sp³-hybridized carbons (Fsp3) is 0.133. The van der Waals surface area contributed by atoms with Gasteiger partial charge in [-0.25, -0.2) is 0 Å². The lowest BCUT2D eigenvalue weighted by molar-refractivity contribution is 0.0961. The third-order valence-electron chi connectivity index (χ3n) is 2.90. The molecular weight excluding hydrogens is 246 g/mol. The summed E-state index contributed by atoms with van der Waals surface area (Å²) in [7, 11) is 0. The average molecular weight is 260 g/mol. The van der Waals surface area contributed by atoms with E-state index in [1.165, 1.54) is 0 Å². The highest BCUT2D eigenvalue weighted by Crippen LogP contribution is 2.21. The summed E-state index contributed by atoms with van der Waals surface area (Å²) in [6, 6.07) is 13.9. The summed E-state index contributed by atoms with van der Waals surface area (Å²) in [5, 5.41) is 0.584.